The van der Waals surface area contributed by atoms with E-state index in [4.69, 9.17) is 17.0 Å². The SMILES string of the molecule is CC(=O)OCC(C)(C)C(=S)Nc1ccc(C)cn1. The molecule has 0 amide bonds. The van der Waals surface area contributed by atoms with Gasteiger partial charge in [-0.25, -0.2) is 4.98 Å². The Bertz CT molecular complexity index is 441. The molecule has 0 aliphatic heterocycles. The van der Waals surface area contributed by atoms with Gasteiger partial charge in [0, 0.05) is 18.5 Å². The molecule has 4 nitrogen and oxygen atoms in total. The summed E-state index contributed by atoms with van der Waals surface area (Å²) in [6, 6.07) is 3.82. The summed E-state index contributed by atoms with van der Waals surface area (Å²) in [5.41, 5.74) is 0.666. The van der Waals surface area contributed by atoms with E-state index in [1.807, 2.05) is 32.9 Å². The van der Waals surface area contributed by atoms with E-state index in [1.165, 1.54) is 6.92 Å². The van der Waals surface area contributed by atoms with Crippen LogP contribution in [0, 0.1) is 12.3 Å². The van der Waals surface area contributed by atoms with Gasteiger partial charge < -0.3 is 10.1 Å². The minimum absolute atomic E-state index is 0.250. The normalized spacial score (nSPS) is 10.9. The van der Waals surface area contributed by atoms with Crippen molar-refractivity contribution < 1.29 is 9.53 Å². The van der Waals surface area contributed by atoms with Gasteiger partial charge in [-0.2, -0.15) is 0 Å². The van der Waals surface area contributed by atoms with Crippen molar-refractivity contribution in [2.24, 2.45) is 5.41 Å². The predicted octanol–water partition coefficient (Wildman–Crippen LogP) is 2.72. The zero-order valence-corrected chi connectivity index (χ0v) is 11.9. The van der Waals surface area contributed by atoms with E-state index in [2.05, 4.69) is 10.3 Å². The summed E-state index contributed by atoms with van der Waals surface area (Å²) < 4.78 is 5.00. The maximum absolute atomic E-state index is 10.8. The molecule has 0 unspecified atom stereocenters. The Morgan fingerprint density at radius 3 is 2.67 bits per heavy atom. The van der Waals surface area contributed by atoms with E-state index in [0.29, 0.717) is 10.8 Å². The summed E-state index contributed by atoms with van der Waals surface area (Å²) in [7, 11) is 0. The molecule has 0 radical (unpaired) electrons. The molecule has 1 N–H and O–H groups in total. The number of nitrogens with one attached hydrogen (secondary N) is 1. The molecule has 0 aliphatic rings. The van der Waals surface area contributed by atoms with Crippen LogP contribution in [0.2, 0.25) is 0 Å². The average Bonchev–Trinajstić information content (AvgIpc) is 2.29. The number of carbonyl (C=O) groups excluding carboxylic acids is 1. The van der Waals surface area contributed by atoms with Gasteiger partial charge in [-0.1, -0.05) is 32.1 Å². The third-order valence-electron chi connectivity index (χ3n) is 2.40. The lowest BCUT2D eigenvalue weighted by atomic mass is 9.94. The van der Waals surface area contributed by atoms with Gasteiger partial charge >= 0.3 is 5.97 Å². The van der Waals surface area contributed by atoms with Crippen molar-refractivity contribution in [1.29, 1.82) is 0 Å². The molecule has 0 atom stereocenters. The van der Waals surface area contributed by atoms with Crippen molar-refractivity contribution in [3.63, 3.8) is 0 Å². The van der Waals surface area contributed by atoms with Gasteiger partial charge in [-0.15, -0.1) is 0 Å². The van der Waals surface area contributed by atoms with Crippen LogP contribution >= 0.6 is 12.2 Å². The van der Waals surface area contributed by atoms with Gasteiger partial charge in [0.15, 0.2) is 0 Å². The minimum Gasteiger partial charge on any atom is -0.465 e. The Morgan fingerprint density at radius 1 is 1.50 bits per heavy atom. The summed E-state index contributed by atoms with van der Waals surface area (Å²) in [6.45, 7) is 7.44. The Morgan fingerprint density at radius 2 is 2.17 bits per heavy atom. The molecule has 18 heavy (non-hydrogen) atoms. The summed E-state index contributed by atoms with van der Waals surface area (Å²) in [4.78, 5) is 15.6. The van der Waals surface area contributed by atoms with E-state index in [0.717, 1.165) is 5.56 Å². The number of aromatic nitrogens is 1. The average molecular weight is 266 g/mol. The van der Waals surface area contributed by atoms with E-state index < -0.39 is 5.41 Å². The second-order valence-corrected chi connectivity index (χ2v) is 5.25. The molecule has 1 aromatic rings. The van der Waals surface area contributed by atoms with Crippen LogP contribution in [0.1, 0.15) is 26.3 Å². The topological polar surface area (TPSA) is 51.2 Å². The number of hydrogen-bond donors (Lipinski definition) is 1. The van der Waals surface area contributed by atoms with Gasteiger partial charge in [0.2, 0.25) is 0 Å². The maximum atomic E-state index is 10.8. The Labute approximate surface area is 113 Å². The predicted molar refractivity (Wildman–Crippen MR) is 75.6 cm³/mol. The fourth-order valence-electron chi connectivity index (χ4n) is 1.17. The Balaban J connectivity index is 2.63. The van der Waals surface area contributed by atoms with Crippen LogP contribution in [-0.2, 0) is 9.53 Å². The van der Waals surface area contributed by atoms with Crippen molar-refractivity contribution in [3.05, 3.63) is 23.9 Å². The van der Waals surface area contributed by atoms with Crippen LogP contribution in [0.3, 0.4) is 0 Å². The monoisotopic (exact) mass is 266 g/mol. The number of esters is 1. The first kappa shape index (κ1) is 14.6. The van der Waals surface area contributed by atoms with Crippen molar-refractivity contribution in [2.45, 2.75) is 27.7 Å². The molecule has 98 valence electrons. The van der Waals surface area contributed by atoms with Crippen LogP contribution in [0.15, 0.2) is 18.3 Å². The highest BCUT2D eigenvalue weighted by Gasteiger charge is 2.25. The molecule has 0 saturated carbocycles. The molecule has 0 fully saturated rings. The number of ether oxygens (including phenoxy) is 1. The maximum Gasteiger partial charge on any atom is 0.302 e. The summed E-state index contributed by atoms with van der Waals surface area (Å²) in [6.07, 6.45) is 1.77. The molecular weight excluding hydrogens is 248 g/mol. The van der Waals surface area contributed by atoms with Crippen LogP contribution < -0.4 is 5.32 Å². The van der Waals surface area contributed by atoms with Gasteiger partial charge in [0.1, 0.15) is 12.4 Å². The zero-order valence-electron chi connectivity index (χ0n) is 11.1. The van der Waals surface area contributed by atoms with Crippen LogP contribution in [0.25, 0.3) is 0 Å². The number of hydrogen-bond acceptors (Lipinski definition) is 4. The molecular formula is C13H18N2O2S. The quantitative estimate of drug-likeness (QED) is 0.671. The number of rotatable bonds is 4. The van der Waals surface area contributed by atoms with Crippen LogP contribution in [0.4, 0.5) is 5.82 Å². The molecule has 0 saturated heterocycles. The number of thiocarbonyl (C=S) groups is 1. The van der Waals surface area contributed by atoms with Crippen molar-refractivity contribution in [2.75, 3.05) is 11.9 Å². The number of nitrogens with zero attached hydrogens (tertiary/aromatic N) is 1. The third kappa shape index (κ3) is 4.41. The molecule has 1 heterocycles. The van der Waals surface area contributed by atoms with Crippen molar-refractivity contribution in [1.82, 2.24) is 4.98 Å². The lowest BCUT2D eigenvalue weighted by Crippen LogP contribution is -2.34. The van der Waals surface area contributed by atoms with Gasteiger partial charge in [-0.3, -0.25) is 4.79 Å². The van der Waals surface area contributed by atoms with Crippen molar-refractivity contribution >= 4 is 29.0 Å². The molecule has 0 aliphatic carbocycles. The summed E-state index contributed by atoms with van der Waals surface area (Å²) in [5, 5.41) is 3.06. The zero-order chi connectivity index (χ0) is 13.8. The fraction of sp³-hybridized carbons (Fsp3) is 0.462. The van der Waals surface area contributed by atoms with Crippen molar-refractivity contribution in [3.8, 4) is 0 Å². The van der Waals surface area contributed by atoms with E-state index in [9.17, 15) is 4.79 Å². The Kier molecular flexibility index (Phi) is 4.78. The first-order valence-corrected chi connectivity index (χ1v) is 6.09. The molecule has 1 aromatic heterocycles. The molecule has 1 rings (SSSR count). The van der Waals surface area contributed by atoms with Gasteiger partial charge in [0.25, 0.3) is 0 Å². The highest BCUT2D eigenvalue weighted by molar-refractivity contribution is 7.80. The highest BCUT2D eigenvalue weighted by Crippen LogP contribution is 2.20. The lowest BCUT2D eigenvalue weighted by molar-refractivity contribution is -0.142. The van der Waals surface area contributed by atoms with Crippen LogP contribution in [-0.4, -0.2) is 22.5 Å². The highest BCUT2D eigenvalue weighted by atomic mass is 32.1. The van der Waals surface area contributed by atoms with E-state index in [-0.39, 0.29) is 12.6 Å². The number of carbonyl (C=O) groups is 1. The first-order valence-electron chi connectivity index (χ1n) is 5.69. The second kappa shape index (κ2) is 5.91. The Hall–Kier alpha value is -1.49. The molecule has 5 heteroatoms. The number of anilines is 1. The molecule has 0 bridgehead atoms. The molecule has 0 spiro atoms. The summed E-state index contributed by atoms with van der Waals surface area (Å²) >= 11 is 5.31. The fourth-order valence-corrected chi connectivity index (χ4v) is 1.34. The second-order valence-electron chi connectivity index (χ2n) is 4.84. The standard InChI is InChI=1S/C13H18N2O2S/c1-9-5-6-11(14-7-9)15-12(18)13(3,4)8-17-10(2)16/h5-7H,8H2,1-4H3,(H,14,15,18). The smallest absolute Gasteiger partial charge is 0.302 e. The number of pyridine rings is 1. The number of aryl methyl sites for hydroxylation is 1. The third-order valence-corrected chi connectivity index (χ3v) is 3.06. The first-order chi connectivity index (χ1) is 8.31. The minimum atomic E-state index is -0.423. The van der Waals surface area contributed by atoms with Gasteiger partial charge in [0.05, 0.1) is 4.99 Å². The molecule has 0 aromatic carbocycles. The lowest BCUT2D eigenvalue weighted by Gasteiger charge is -2.25. The van der Waals surface area contributed by atoms with Crippen LogP contribution in [0.5, 0.6) is 0 Å². The largest absolute Gasteiger partial charge is 0.465 e. The van der Waals surface area contributed by atoms with E-state index in [1.54, 1.807) is 6.20 Å². The summed E-state index contributed by atoms with van der Waals surface area (Å²) in [5.74, 6) is 0.390. The van der Waals surface area contributed by atoms with Gasteiger partial charge in [-0.05, 0) is 18.6 Å². The van der Waals surface area contributed by atoms with E-state index >= 15 is 0 Å².